The largest absolute Gasteiger partial charge is 0.343 e. The van der Waals surface area contributed by atoms with Gasteiger partial charge in [-0.15, -0.1) is 0 Å². The number of sulfone groups is 1. The van der Waals surface area contributed by atoms with E-state index in [2.05, 4.69) is 9.55 Å². The number of imidazole rings is 1. The number of aryl methyl sites for hydroxylation is 2. The molecule has 9 heteroatoms. The Bertz CT molecular complexity index is 1380. The molecule has 3 heterocycles. The van der Waals surface area contributed by atoms with Crippen LogP contribution >= 0.6 is 11.6 Å². The van der Waals surface area contributed by atoms with Crippen molar-refractivity contribution in [3.8, 4) is 0 Å². The summed E-state index contributed by atoms with van der Waals surface area (Å²) in [6.07, 6.45) is 5.08. The molecule has 0 amide bonds. The van der Waals surface area contributed by atoms with Crippen LogP contribution in [0.3, 0.4) is 0 Å². The topological polar surface area (TPSA) is 78.9 Å². The molecule has 0 spiro atoms. The molecule has 0 bridgehead atoms. The van der Waals surface area contributed by atoms with Gasteiger partial charge in [0.15, 0.2) is 0 Å². The monoisotopic (exact) mass is 432 g/mol. The van der Waals surface area contributed by atoms with Crippen molar-refractivity contribution < 1.29 is 8.42 Å². The molecule has 0 aliphatic heterocycles. The number of hydrogen-bond acceptors (Lipinski definition) is 4. The zero-order valence-corrected chi connectivity index (χ0v) is 17.7. The zero-order valence-electron chi connectivity index (χ0n) is 16.2. The number of halogens is 1. The van der Waals surface area contributed by atoms with Crippen LogP contribution < -0.4 is 5.69 Å². The zero-order chi connectivity index (χ0) is 20.8. The van der Waals surface area contributed by atoms with Crippen LogP contribution in [0.2, 0.25) is 5.02 Å². The van der Waals surface area contributed by atoms with Gasteiger partial charge < -0.3 is 4.57 Å². The molecule has 29 heavy (non-hydrogen) atoms. The molecule has 0 saturated heterocycles. The highest BCUT2D eigenvalue weighted by Gasteiger charge is 2.15. The lowest BCUT2D eigenvalue weighted by Crippen LogP contribution is -2.23. The Hall–Kier alpha value is -2.58. The van der Waals surface area contributed by atoms with Crippen molar-refractivity contribution in [3.63, 3.8) is 0 Å². The first-order valence-electron chi connectivity index (χ1n) is 9.19. The van der Waals surface area contributed by atoms with E-state index in [9.17, 15) is 13.2 Å². The summed E-state index contributed by atoms with van der Waals surface area (Å²) in [6, 6.07) is 9.43. The third-order valence-corrected chi connectivity index (χ3v) is 6.38. The SMILES string of the molecule is Cn1c(=O)n(Cc2cc3cc(Cl)ccc3n2CCCS(C)(=O)=O)c2cnccc21. The molecule has 0 atom stereocenters. The Morgan fingerprint density at radius 3 is 2.62 bits per heavy atom. The second-order valence-electron chi connectivity index (χ2n) is 7.27. The van der Waals surface area contributed by atoms with E-state index in [-0.39, 0.29) is 11.4 Å². The first-order valence-corrected chi connectivity index (χ1v) is 11.6. The normalized spacial score (nSPS) is 12.2. The van der Waals surface area contributed by atoms with Gasteiger partial charge in [0.05, 0.1) is 29.5 Å². The van der Waals surface area contributed by atoms with Gasteiger partial charge >= 0.3 is 5.69 Å². The lowest BCUT2D eigenvalue weighted by atomic mass is 10.2. The highest BCUT2D eigenvalue weighted by atomic mass is 35.5. The van der Waals surface area contributed by atoms with Gasteiger partial charge in [0.25, 0.3) is 0 Å². The van der Waals surface area contributed by atoms with Crippen LogP contribution in [-0.4, -0.2) is 39.1 Å². The molecular formula is C20H21ClN4O3S. The van der Waals surface area contributed by atoms with Gasteiger partial charge in [0.1, 0.15) is 9.84 Å². The van der Waals surface area contributed by atoms with Crippen LogP contribution in [0.1, 0.15) is 12.1 Å². The molecule has 0 unspecified atom stereocenters. The number of fused-ring (bicyclic) bond motifs is 2. The maximum Gasteiger partial charge on any atom is 0.329 e. The average molecular weight is 433 g/mol. The summed E-state index contributed by atoms with van der Waals surface area (Å²) in [5.41, 5.74) is 3.32. The van der Waals surface area contributed by atoms with Crippen molar-refractivity contribution >= 4 is 43.4 Å². The van der Waals surface area contributed by atoms with E-state index in [1.54, 1.807) is 28.6 Å². The van der Waals surface area contributed by atoms with Gasteiger partial charge in [-0.3, -0.25) is 14.1 Å². The van der Waals surface area contributed by atoms with Crippen molar-refractivity contribution in [3.05, 3.63) is 63.9 Å². The van der Waals surface area contributed by atoms with Gasteiger partial charge in [0.2, 0.25) is 0 Å². The fourth-order valence-corrected chi connectivity index (χ4v) is 4.59. The molecule has 0 aliphatic carbocycles. The van der Waals surface area contributed by atoms with Crippen molar-refractivity contribution in [2.24, 2.45) is 7.05 Å². The van der Waals surface area contributed by atoms with E-state index in [1.165, 1.54) is 6.26 Å². The molecule has 0 fully saturated rings. The number of aromatic nitrogens is 4. The smallest absolute Gasteiger partial charge is 0.329 e. The van der Waals surface area contributed by atoms with Crippen LogP contribution in [-0.2, 0) is 30.0 Å². The van der Waals surface area contributed by atoms with E-state index < -0.39 is 9.84 Å². The fourth-order valence-electron chi connectivity index (χ4n) is 3.75. The quantitative estimate of drug-likeness (QED) is 0.469. The Labute approximate surface area is 173 Å². The Morgan fingerprint density at radius 1 is 1.07 bits per heavy atom. The predicted octanol–water partition coefficient (Wildman–Crippen LogP) is 2.83. The van der Waals surface area contributed by atoms with E-state index >= 15 is 0 Å². The van der Waals surface area contributed by atoms with Crippen LogP contribution in [0.4, 0.5) is 0 Å². The summed E-state index contributed by atoms with van der Waals surface area (Å²) in [5.74, 6) is 0.109. The molecule has 4 rings (SSSR count). The molecule has 4 aromatic rings. The molecule has 1 aromatic carbocycles. The van der Waals surface area contributed by atoms with Crippen molar-refractivity contribution in [2.75, 3.05) is 12.0 Å². The maximum atomic E-state index is 12.8. The highest BCUT2D eigenvalue weighted by Crippen LogP contribution is 2.25. The van der Waals surface area contributed by atoms with Gasteiger partial charge in [0, 0.05) is 47.7 Å². The minimum atomic E-state index is -3.04. The minimum Gasteiger partial charge on any atom is -0.343 e. The van der Waals surface area contributed by atoms with Gasteiger partial charge in [-0.25, -0.2) is 13.2 Å². The average Bonchev–Trinajstić information content (AvgIpc) is 3.11. The molecule has 7 nitrogen and oxygen atoms in total. The number of rotatable bonds is 6. The lowest BCUT2D eigenvalue weighted by Gasteiger charge is -2.11. The second kappa shape index (κ2) is 7.35. The van der Waals surface area contributed by atoms with Crippen LogP contribution in [0, 0.1) is 0 Å². The second-order valence-corrected chi connectivity index (χ2v) is 9.96. The molecule has 3 aromatic heterocycles. The highest BCUT2D eigenvalue weighted by molar-refractivity contribution is 7.90. The summed E-state index contributed by atoms with van der Waals surface area (Å²) in [6.45, 7) is 0.887. The molecule has 0 saturated carbocycles. The maximum absolute atomic E-state index is 12.8. The lowest BCUT2D eigenvalue weighted by molar-refractivity contribution is 0.588. The minimum absolute atomic E-state index is 0.109. The number of benzene rings is 1. The first-order chi connectivity index (χ1) is 13.7. The predicted molar refractivity (Wildman–Crippen MR) is 115 cm³/mol. The third-order valence-electron chi connectivity index (χ3n) is 5.11. The number of hydrogen-bond donors (Lipinski definition) is 0. The van der Waals surface area contributed by atoms with Crippen molar-refractivity contribution in [2.45, 2.75) is 19.5 Å². The first kappa shape index (κ1) is 19.7. The molecular weight excluding hydrogens is 412 g/mol. The van der Waals surface area contributed by atoms with E-state index in [0.717, 1.165) is 27.6 Å². The number of nitrogens with zero attached hydrogens (tertiary/aromatic N) is 4. The van der Waals surface area contributed by atoms with E-state index in [4.69, 9.17) is 11.6 Å². The van der Waals surface area contributed by atoms with Crippen LogP contribution in [0.15, 0.2) is 47.5 Å². The van der Waals surface area contributed by atoms with Gasteiger partial charge in [-0.1, -0.05) is 11.6 Å². The van der Waals surface area contributed by atoms with Crippen LogP contribution in [0.5, 0.6) is 0 Å². The molecule has 0 radical (unpaired) electrons. The Morgan fingerprint density at radius 2 is 1.86 bits per heavy atom. The van der Waals surface area contributed by atoms with Gasteiger partial charge in [-0.2, -0.15) is 0 Å². The Balaban J connectivity index is 1.80. The summed E-state index contributed by atoms with van der Waals surface area (Å²) >= 11 is 6.16. The summed E-state index contributed by atoms with van der Waals surface area (Å²) in [7, 11) is -1.30. The summed E-state index contributed by atoms with van der Waals surface area (Å²) in [4.78, 5) is 17.0. The van der Waals surface area contributed by atoms with Crippen molar-refractivity contribution in [1.82, 2.24) is 18.7 Å². The van der Waals surface area contributed by atoms with Gasteiger partial charge in [-0.05, 0) is 36.8 Å². The number of pyridine rings is 1. The van der Waals surface area contributed by atoms with Crippen molar-refractivity contribution in [1.29, 1.82) is 0 Å². The third kappa shape index (κ3) is 3.82. The summed E-state index contributed by atoms with van der Waals surface area (Å²) in [5, 5.41) is 1.59. The van der Waals surface area contributed by atoms with E-state index in [0.29, 0.717) is 24.5 Å². The standard InChI is InChI=1S/C20H21ClN4O3S/c1-23-18-6-7-22-12-19(18)25(20(23)26)13-16-11-14-10-15(21)4-5-17(14)24(16)8-3-9-29(2,27)28/h4-7,10-12H,3,8-9,13H2,1-2H3. The summed E-state index contributed by atoms with van der Waals surface area (Å²) < 4.78 is 28.5. The molecule has 152 valence electrons. The Kier molecular flexibility index (Phi) is 5.00. The van der Waals surface area contributed by atoms with E-state index in [1.807, 2.05) is 30.3 Å². The van der Waals surface area contributed by atoms with Crippen LogP contribution in [0.25, 0.3) is 21.9 Å². The fraction of sp³-hybridized carbons (Fsp3) is 0.300. The molecule has 0 aliphatic rings. The molecule has 0 N–H and O–H groups in total.